The predicted octanol–water partition coefficient (Wildman–Crippen LogP) is 8.99. The quantitative estimate of drug-likeness (QED) is 0.0389. The lowest BCUT2D eigenvalue weighted by Crippen LogP contribution is -2.37. The number of aryl methyl sites for hydroxylation is 1. The van der Waals surface area contributed by atoms with Crippen LogP contribution in [0.25, 0.3) is 0 Å². The largest absolute Gasteiger partial charge is 0.396 e. The second-order valence-electron chi connectivity index (χ2n) is 11.8. The number of hydrogen-bond acceptors (Lipinski definition) is 6. The zero-order valence-corrected chi connectivity index (χ0v) is 33.0. The van der Waals surface area contributed by atoms with E-state index in [1.54, 1.807) is 0 Å². The summed E-state index contributed by atoms with van der Waals surface area (Å²) in [6, 6.07) is 9.99. The molecule has 0 unspecified atom stereocenters. The molecule has 0 atom stereocenters. The van der Waals surface area contributed by atoms with E-state index in [1.165, 1.54) is 5.56 Å². The minimum atomic E-state index is -0.227. The van der Waals surface area contributed by atoms with Crippen LogP contribution >= 0.6 is 21.6 Å². The molecule has 0 aliphatic heterocycles. The van der Waals surface area contributed by atoms with Gasteiger partial charge in [-0.05, 0) is 69.8 Å². The fraction of sp³-hybridized carbons (Fsp3) is 0.500. The third kappa shape index (κ3) is 37.8. The molecule has 7 nitrogen and oxygen atoms in total. The number of aliphatic hydroxyl groups excluding tert-OH is 1. The van der Waals surface area contributed by atoms with Crippen molar-refractivity contribution in [3.8, 4) is 0 Å². The Bertz CT molecular complexity index is 1180. The number of aliphatic hydroxyl groups is 1. The molecule has 0 saturated heterocycles. The highest BCUT2D eigenvalue weighted by Gasteiger charge is 2.05. The van der Waals surface area contributed by atoms with Gasteiger partial charge in [0, 0.05) is 43.5 Å². The van der Waals surface area contributed by atoms with Crippen molar-refractivity contribution >= 4 is 39.3 Å². The summed E-state index contributed by atoms with van der Waals surface area (Å²) in [4.78, 5) is 34.6. The fourth-order valence-corrected chi connectivity index (χ4v) is 6.00. The number of nitrogens with one attached hydrogen (secondary N) is 3. The van der Waals surface area contributed by atoms with Crippen molar-refractivity contribution < 1.29 is 19.5 Å². The molecule has 4 N–H and O–H groups in total. The topological polar surface area (TPSA) is 108 Å². The van der Waals surface area contributed by atoms with Crippen molar-refractivity contribution in [3.05, 3.63) is 109 Å². The van der Waals surface area contributed by atoms with Gasteiger partial charge in [-0.25, -0.2) is 0 Å². The first-order chi connectivity index (χ1) is 24.9. The molecule has 3 amide bonds. The number of hydrogen-bond donors (Lipinski definition) is 4. The Kier molecular flexibility index (Phi) is 35.5. The highest BCUT2D eigenvalue weighted by Crippen LogP contribution is 2.25. The number of allylic oxidation sites excluding steroid dienone is 12. The summed E-state index contributed by atoms with van der Waals surface area (Å²) in [6.45, 7) is 7.75. The smallest absolute Gasteiger partial charge is 0.239 e. The minimum absolute atomic E-state index is 0.00437. The third-order valence-electron chi connectivity index (χ3n) is 6.72. The van der Waals surface area contributed by atoms with Crippen LogP contribution in [0.2, 0.25) is 0 Å². The Hall–Kier alpha value is -3.27. The standard InChI is InChI=1S/C27H43NOS2.C15H22N2O3/c1-4-5-6-7-8-9-10-11-12-13-14-15-16-17-18-19-20-21-22-23-27(29)28-24-25-30-31-26(2)3;18-11-5-10-16-15(20)12-17-14(19)9-4-8-13-6-2-1-3-7-13/h5-6,8-9,11-12,14-15,17-18,20-21,26H,4,7,10,13,16,19,22-25H2,1-3H3,(H,28,29);1-3,6-7,18H,4-5,8-12H2,(H,16,20)(H,17,19)/b6-5-,9-8-,12-11-,15-14-,18-17-,21-20-;. The van der Waals surface area contributed by atoms with Crippen LogP contribution in [0.3, 0.4) is 0 Å². The molecule has 9 heteroatoms. The number of amides is 3. The van der Waals surface area contributed by atoms with Crippen molar-refractivity contribution in [2.24, 2.45) is 0 Å². The van der Waals surface area contributed by atoms with Crippen LogP contribution in [0, 0.1) is 0 Å². The van der Waals surface area contributed by atoms with E-state index >= 15 is 0 Å². The van der Waals surface area contributed by atoms with Gasteiger partial charge >= 0.3 is 0 Å². The normalized spacial score (nSPS) is 11.8. The van der Waals surface area contributed by atoms with Gasteiger partial charge in [-0.3, -0.25) is 14.4 Å². The monoisotopic (exact) mass is 739 g/mol. The number of benzene rings is 1. The van der Waals surface area contributed by atoms with Crippen molar-refractivity contribution in [1.29, 1.82) is 0 Å². The molecule has 1 aromatic rings. The zero-order valence-electron chi connectivity index (χ0n) is 31.4. The third-order valence-corrected chi connectivity index (χ3v) is 9.67. The lowest BCUT2D eigenvalue weighted by atomic mass is 10.1. The van der Waals surface area contributed by atoms with Gasteiger partial charge in [0.05, 0.1) is 6.54 Å². The summed E-state index contributed by atoms with van der Waals surface area (Å²) in [5, 5.41) is 17.4. The predicted molar refractivity (Wildman–Crippen MR) is 223 cm³/mol. The molecule has 0 saturated carbocycles. The van der Waals surface area contributed by atoms with Gasteiger partial charge in [-0.15, -0.1) is 0 Å². The number of carbonyl (C=O) groups excluding carboxylic acids is 3. The second kappa shape index (κ2) is 38.0. The van der Waals surface area contributed by atoms with Crippen molar-refractivity contribution in [2.45, 2.75) is 103 Å². The number of carbonyl (C=O) groups is 3. The van der Waals surface area contributed by atoms with Crippen LogP contribution in [0.15, 0.2) is 103 Å². The van der Waals surface area contributed by atoms with E-state index in [2.05, 4.69) is 110 Å². The molecule has 0 fully saturated rings. The van der Waals surface area contributed by atoms with Gasteiger partial charge < -0.3 is 21.1 Å². The average molecular weight is 740 g/mol. The average Bonchev–Trinajstić information content (AvgIpc) is 3.12. The van der Waals surface area contributed by atoms with E-state index in [0.717, 1.165) is 70.1 Å². The molecule has 284 valence electrons. The Morgan fingerprint density at radius 1 is 0.667 bits per heavy atom. The van der Waals surface area contributed by atoms with Gasteiger partial charge in [-0.1, -0.05) is 146 Å². The molecular formula is C42H65N3O4S2. The van der Waals surface area contributed by atoms with Gasteiger partial charge in [-0.2, -0.15) is 0 Å². The van der Waals surface area contributed by atoms with Gasteiger partial charge in [0.15, 0.2) is 0 Å². The first-order valence-corrected chi connectivity index (χ1v) is 20.9. The molecular weight excluding hydrogens is 675 g/mol. The first kappa shape index (κ1) is 47.7. The van der Waals surface area contributed by atoms with Crippen LogP contribution in [0.5, 0.6) is 0 Å². The van der Waals surface area contributed by atoms with Crippen molar-refractivity contribution in [1.82, 2.24) is 16.0 Å². The molecule has 0 bridgehead atoms. The highest BCUT2D eigenvalue weighted by molar-refractivity contribution is 8.76. The second-order valence-corrected chi connectivity index (χ2v) is 14.9. The molecule has 1 aromatic carbocycles. The molecule has 0 spiro atoms. The van der Waals surface area contributed by atoms with E-state index in [4.69, 9.17) is 5.11 Å². The van der Waals surface area contributed by atoms with Crippen molar-refractivity contribution in [3.63, 3.8) is 0 Å². The summed E-state index contributed by atoms with van der Waals surface area (Å²) in [7, 11) is 3.68. The minimum Gasteiger partial charge on any atom is -0.396 e. The Morgan fingerprint density at radius 3 is 1.75 bits per heavy atom. The van der Waals surface area contributed by atoms with Crippen LogP contribution < -0.4 is 16.0 Å². The Balaban J connectivity index is 0.00000107. The Morgan fingerprint density at radius 2 is 1.20 bits per heavy atom. The zero-order chi connectivity index (χ0) is 37.5. The first-order valence-electron chi connectivity index (χ1n) is 18.5. The van der Waals surface area contributed by atoms with E-state index in [-0.39, 0.29) is 30.9 Å². The molecule has 0 radical (unpaired) electrons. The molecule has 51 heavy (non-hydrogen) atoms. The fourth-order valence-electron chi connectivity index (χ4n) is 4.09. The van der Waals surface area contributed by atoms with E-state index in [1.807, 2.05) is 51.9 Å². The summed E-state index contributed by atoms with van der Waals surface area (Å²) >= 11 is 0. The Labute approximate surface area is 317 Å². The van der Waals surface area contributed by atoms with Gasteiger partial charge in [0.2, 0.25) is 17.7 Å². The summed E-state index contributed by atoms with van der Waals surface area (Å²) in [5.41, 5.74) is 1.21. The maximum Gasteiger partial charge on any atom is 0.239 e. The van der Waals surface area contributed by atoms with Crippen LogP contribution in [-0.2, 0) is 20.8 Å². The molecule has 0 aliphatic rings. The SMILES string of the molecule is CC/C=C\C/C=C\C/C=C\C/C=C\C/C=C\C/C=C\CCC(=O)NCCSSC(C)C.O=C(CCCc1ccccc1)NCC(=O)NCCCO. The molecule has 0 heterocycles. The van der Waals surface area contributed by atoms with E-state index in [9.17, 15) is 14.4 Å². The van der Waals surface area contributed by atoms with E-state index < -0.39 is 0 Å². The van der Waals surface area contributed by atoms with Crippen molar-refractivity contribution in [2.75, 3.05) is 32.0 Å². The maximum absolute atomic E-state index is 11.7. The molecule has 0 aliphatic carbocycles. The summed E-state index contributed by atoms with van der Waals surface area (Å²) < 4.78 is 0. The lowest BCUT2D eigenvalue weighted by Gasteiger charge is -2.06. The van der Waals surface area contributed by atoms with E-state index in [0.29, 0.717) is 31.1 Å². The summed E-state index contributed by atoms with van der Waals surface area (Å²) in [5.74, 6) is 0.775. The molecule has 1 rings (SSSR count). The van der Waals surface area contributed by atoms with Crippen LogP contribution in [0.4, 0.5) is 0 Å². The highest BCUT2D eigenvalue weighted by atomic mass is 33.1. The van der Waals surface area contributed by atoms with Crippen LogP contribution in [-0.4, -0.2) is 60.1 Å². The lowest BCUT2D eigenvalue weighted by molar-refractivity contribution is -0.126. The van der Waals surface area contributed by atoms with Gasteiger partial charge in [0.25, 0.3) is 0 Å². The molecule has 0 aromatic heterocycles. The summed E-state index contributed by atoms with van der Waals surface area (Å²) in [6.07, 6.45) is 36.3. The van der Waals surface area contributed by atoms with Crippen LogP contribution in [0.1, 0.15) is 97.0 Å². The maximum atomic E-state index is 11.7. The number of rotatable bonds is 28. The van der Waals surface area contributed by atoms with Gasteiger partial charge in [0.1, 0.15) is 0 Å².